The maximum Gasteiger partial charge on any atom is 0.122 e. The smallest absolute Gasteiger partial charge is 0.122 e. The van der Waals surface area contributed by atoms with Gasteiger partial charge in [0.25, 0.3) is 0 Å². The van der Waals surface area contributed by atoms with E-state index in [-0.39, 0.29) is 0 Å². The Bertz CT molecular complexity index is 362. The highest BCUT2D eigenvalue weighted by Gasteiger charge is 2.15. The molecule has 0 heterocycles. The Morgan fingerprint density at radius 1 is 1.22 bits per heavy atom. The normalized spacial score (nSPS) is 14.3. The molecule has 1 aromatic carbocycles. The third-order valence-electron chi connectivity index (χ3n) is 3.77. The van der Waals surface area contributed by atoms with Gasteiger partial charge in [0.05, 0.1) is 0 Å². The molecule has 0 aliphatic heterocycles. The van der Waals surface area contributed by atoms with Gasteiger partial charge in [-0.05, 0) is 43.5 Å². The average Bonchev–Trinajstić information content (AvgIpc) is 2.38. The molecule has 1 rings (SSSR count). The Kier molecular flexibility index (Phi) is 6.20. The van der Waals surface area contributed by atoms with E-state index in [4.69, 9.17) is 4.74 Å². The summed E-state index contributed by atoms with van der Waals surface area (Å²) in [5.41, 5.74) is 2.54. The predicted octanol–water partition coefficient (Wildman–Crippen LogP) is 3.71. The Hall–Kier alpha value is -1.02. The van der Waals surface area contributed by atoms with Gasteiger partial charge in [-0.15, -0.1) is 0 Å². The maximum absolute atomic E-state index is 5.99. The number of likely N-dealkylation sites (N-methyl/N-ethyl adjacent to an activating group) is 1. The lowest BCUT2D eigenvalue weighted by molar-refractivity contribution is 0.221. The molecule has 0 amide bonds. The van der Waals surface area contributed by atoms with E-state index in [0.29, 0.717) is 12.0 Å². The minimum atomic E-state index is 0.430. The van der Waals surface area contributed by atoms with Crippen LogP contribution in [-0.2, 0) is 0 Å². The molecule has 0 aliphatic rings. The van der Waals surface area contributed by atoms with Crippen molar-refractivity contribution >= 4 is 0 Å². The molecule has 0 aliphatic carbocycles. The molecule has 0 spiro atoms. The van der Waals surface area contributed by atoms with Crippen molar-refractivity contribution in [2.24, 2.45) is 5.92 Å². The summed E-state index contributed by atoms with van der Waals surface area (Å²) >= 11 is 0. The molecule has 1 N–H and O–H groups in total. The molecule has 0 saturated carbocycles. The van der Waals surface area contributed by atoms with Crippen LogP contribution in [0.5, 0.6) is 5.75 Å². The highest BCUT2D eigenvalue weighted by molar-refractivity contribution is 5.38. The minimum Gasteiger partial charge on any atom is -0.492 e. The second-order valence-electron chi connectivity index (χ2n) is 5.06. The van der Waals surface area contributed by atoms with Gasteiger partial charge in [-0.2, -0.15) is 0 Å². The van der Waals surface area contributed by atoms with E-state index >= 15 is 0 Å². The Morgan fingerprint density at radius 3 is 2.56 bits per heavy atom. The molecule has 102 valence electrons. The molecule has 0 aromatic heterocycles. The number of nitrogens with one attached hydrogen (secondary N) is 1. The maximum atomic E-state index is 5.99. The van der Waals surface area contributed by atoms with Crippen molar-refractivity contribution in [2.45, 2.75) is 47.1 Å². The van der Waals surface area contributed by atoms with Crippen LogP contribution in [0.2, 0.25) is 0 Å². The van der Waals surface area contributed by atoms with Crippen molar-refractivity contribution in [3.63, 3.8) is 0 Å². The SMILES string of the molecule is CCNC(COc1cccc(C)c1C)C(C)CC. The summed E-state index contributed by atoms with van der Waals surface area (Å²) in [7, 11) is 0. The molecule has 1 aromatic rings. The third kappa shape index (κ3) is 4.02. The predicted molar refractivity (Wildman–Crippen MR) is 78.3 cm³/mol. The van der Waals surface area contributed by atoms with E-state index in [0.717, 1.165) is 18.9 Å². The van der Waals surface area contributed by atoms with Gasteiger partial charge in [0.2, 0.25) is 0 Å². The van der Waals surface area contributed by atoms with Crippen LogP contribution in [0.25, 0.3) is 0 Å². The van der Waals surface area contributed by atoms with Gasteiger partial charge in [-0.3, -0.25) is 0 Å². The lowest BCUT2D eigenvalue weighted by Crippen LogP contribution is -2.39. The Balaban J connectivity index is 2.64. The van der Waals surface area contributed by atoms with Crippen molar-refractivity contribution < 1.29 is 4.74 Å². The van der Waals surface area contributed by atoms with Crippen molar-refractivity contribution in [3.8, 4) is 5.75 Å². The second kappa shape index (κ2) is 7.42. The zero-order valence-electron chi connectivity index (χ0n) is 12.4. The van der Waals surface area contributed by atoms with Crippen LogP contribution in [-0.4, -0.2) is 19.2 Å². The standard InChI is InChI=1S/C16H27NO/c1-6-12(3)15(17-7-2)11-18-16-10-8-9-13(4)14(16)5/h8-10,12,15,17H,6-7,11H2,1-5H3. The number of rotatable bonds is 7. The lowest BCUT2D eigenvalue weighted by Gasteiger charge is -2.24. The van der Waals surface area contributed by atoms with Crippen LogP contribution >= 0.6 is 0 Å². The van der Waals surface area contributed by atoms with Crippen LogP contribution < -0.4 is 10.1 Å². The van der Waals surface area contributed by atoms with E-state index in [1.807, 2.05) is 0 Å². The summed E-state index contributed by atoms with van der Waals surface area (Å²) in [6.45, 7) is 12.6. The highest BCUT2D eigenvalue weighted by Crippen LogP contribution is 2.21. The summed E-state index contributed by atoms with van der Waals surface area (Å²) in [6.07, 6.45) is 1.17. The van der Waals surface area contributed by atoms with E-state index in [2.05, 4.69) is 58.1 Å². The lowest BCUT2D eigenvalue weighted by atomic mass is 10.00. The van der Waals surface area contributed by atoms with Gasteiger partial charge in [0.1, 0.15) is 12.4 Å². The number of aryl methyl sites for hydroxylation is 1. The molecular formula is C16H27NO. The number of hydrogen-bond acceptors (Lipinski definition) is 2. The van der Waals surface area contributed by atoms with Crippen LogP contribution in [0.4, 0.5) is 0 Å². The fourth-order valence-corrected chi connectivity index (χ4v) is 2.03. The van der Waals surface area contributed by atoms with Gasteiger partial charge >= 0.3 is 0 Å². The molecule has 2 atom stereocenters. The average molecular weight is 249 g/mol. The minimum absolute atomic E-state index is 0.430. The molecule has 0 fully saturated rings. The molecule has 18 heavy (non-hydrogen) atoms. The molecular weight excluding hydrogens is 222 g/mol. The number of hydrogen-bond donors (Lipinski definition) is 1. The molecule has 0 radical (unpaired) electrons. The van der Waals surface area contributed by atoms with Crippen molar-refractivity contribution in [1.82, 2.24) is 5.32 Å². The van der Waals surface area contributed by atoms with Gasteiger partial charge in [-0.1, -0.05) is 39.3 Å². The van der Waals surface area contributed by atoms with Gasteiger partial charge in [0.15, 0.2) is 0 Å². The fraction of sp³-hybridized carbons (Fsp3) is 0.625. The molecule has 2 nitrogen and oxygen atoms in total. The van der Waals surface area contributed by atoms with E-state index in [9.17, 15) is 0 Å². The fourth-order valence-electron chi connectivity index (χ4n) is 2.03. The summed E-state index contributed by atoms with van der Waals surface area (Å²) in [5, 5.41) is 3.51. The first kappa shape index (κ1) is 15.0. The van der Waals surface area contributed by atoms with E-state index < -0.39 is 0 Å². The van der Waals surface area contributed by atoms with Crippen LogP contribution in [0, 0.1) is 19.8 Å². The first-order valence-electron chi connectivity index (χ1n) is 7.02. The van der Waals surface area contributed by atoms with Crippen molar-refractivity contribution in [1.29, 1.82) is 0 Å². The summed E-state index contributed by atoms with van der Waals surface area (Å²) in [5.74, 6) is 1.65. The molecule has 2 heteroatoms. The summed E-state index contributed by atoms with van der Waals surface area (Å²) < 4.78 is 5.99. The molecule has 0 bridgehead atoms. The van der Waals surface area contributed by atoms with E-state index in [1.54, 1.807) is 0 Å². The van der Waals surface area contributed by atoms with Crippen LogP contribution in [0.1, 0.15) is 38.3 Å². The monoisotopic (exact) mass is 249 g/mol. The van der Waals surface area contributed by atoms with Gasteiger partial charge < -0.3 is 10.1 Å². The topological polar surface area (TPSA) is 21.3 Å². The number of ether oxygens (including phenoxy) is 1. The van der Waals surface area contributed by atoms with Gasteiger partial charge in [0, 0.05) is 6.04 Å². The first-order valence-corrected chi connectivity index (χ1v) is 7.02. The van der Waals surface area contributed by atoms with E-state index in [1.165, 1.54) is 17.5 Å². The molecule has 2 unspecified atom stereocenters. The second-order valence-corrected chi connectivity index (χ2v) is 5.06. The quantitative estimate of drug-likeness (QED) is 0.795. The highest BCUT2D eigenvalue weighted by atomic mass is 16.5. The molecule has 0 saturated heterocycles. The van der Waals surface area contributed by atoms with Crippen LogP contribution in [0.3, 0.4) is 0 Å². The largest absolute Gasteiger partial charge is 0.492 e. The summed E-state index contributed by atoms with van der Waals surface area (Å²) in [6, 6.07) is 6.67. The van der Waals surface area contributed by atoms with Crippen molar-refractivity contribution in [3.05, 3.63) is 29.3 Å². The first-order chi connectivity index (χ1) is 8.60. The van der Waals surface area contributed by atoms with Crippen molar-refractivity contribution in [2.75, 3.05) is 13.2 Å². The number of benzene rings is 1. The van der Waals surface area contributed by atoms with Crippen LogP contribution in [0.15, 0.2) is 18.2 Å². The third-order valence-corrected chi connectivity index (χ3v) is 3.77. The Morgan fingerprint density at radius 2 is 1.94 bits per heavy atom. The summed E-state index contributed by atoms with van der Waals surface area (Å²) in [4.78, 5) is 0. The zero-order chi connectivity index (χ0) is 13.5. The zero-order valence-corrected chi connectivity index (χ0v) is 12.4. The Labute approximate surface area is 112 Å². The van der Waals surface area contributed by atoms with Gasteiger partial charge in [-0.25, -0.2) is 0 Å².